The molecule has 6 heteroatoms. The van der Waals surface area contributed by atoms with Gasteiger partial charge in [0.2, 0.25) is 6.79 Å². The molecule has 0 aliphatic carbocycles. The Balaban J connectivity index is 1.97. The molecule has 0 bridgehead atoms. The minimum atomic E-state index is 0.238. The van der Waals surface area contributed by atoms with Crippen molar-refractivity contribution in [3.8, 4) is 22.9 Å². The Morgan fingerprint density at radius 3 is 2.78 bits per heavy atom. The molecule has 3 aromatic rings. The number of nitrogens with zero attached hydrogens (tertiary/aromatic N) is 2. The average molecular weight is 325 g/mol. The molecular formula is C17H15N3O2S. The van der Waals surface area contributed by atoms with Gasteiger partial charge in [-0.1, -0.05) is 36.0 Å². The predicted octanol–water partition coefficient (Wildman–Crippen LogP) is 3.03. The van der Waals surface area contributed by atoms with Crippen molar-refractivity contribution in [2.24, 2.45) is 5.73 Å². The van der Waals surface area contributed by atoms with Crippen molar-refractivity contribution >= 4 is 28.2 Å². The van der Waals surface area contributed by atoms with Gasteiger partial charge < -0.3 is 19.8 Å². The van der Waals surface area contributed by atoms with Gasteiger partial charge in [-0.2, -0.15) is 0 Å². The van der Waals surface area contributed by atoms with E-state index in [2.05, 4.69) is 19.1 Å². The van der Waals surface area contributed by atoms with Gasteiger partial charge in [-0.25, -0.2) is 4.98 Å². The van der Waals surface area contributed by atoms with E-state index in [1.54, 1.807) is 0 Å². The minimum Gasteiger partial charge on any atom is -0.454 e. The van der Waals surface area contributed by atoms with Gasteiger partial charge in [-0.05, 0) is 13.0 Å². The Bertz CT molecular complexity index is 933. The largest absolute Gasteiger partial charge is 0.454 e. The van der Waals surface area contributed by atoms with Gasteiger partial charge in [0.15, 0.2) is 11.5 Å². The van der Waals surface area contributed by atoms with Crippen LogP contribution in [0.25, 0.3) is 22.4 Å². The van der Waals surface area contributed by atoms with Crippen LogP contribution in [0, 0.1) is 6.92 Å². The normalized spacial score (nSPS) is 12.7. The Hall–Kier alpha value is -2.60. The number of benzene rings is 2. The summed E-state index contributed by atoms with van der Waals surface area (Å²) in [5.41, 5.74) is 9.75. The van der Waals surface area contributed by atoms with E-state index in [4.69, 9.17) is 32.4 Å². The summed E-state index contributed by atoms with van der Waals surface area (Å²) in [5, 5.41) is 0. The van der Waals surface area contributed by atoms with Crippen molar-refractivity contribution in [1.29, 1.82) is 0 Å². The highest BCUT2D eigenvalue weighted by atomic mass is 32.1. The van der Waals surface area contributed by atoms with Crippen molar-refractivity contribution < 1.29 is 9.47 Å². The maximum atomic E-state index is 5.79. The molecule has 0 saturated carbocycles. The van der Waals surface area contributed by atoms with Crippen LogP contribution in [-0.4, -0.2) is 21.3 Å². The summed E-state index contributed by atoms with van der Waals surface area (Å²) in [5.74, 6) is 2.27. The van der Waals surface area contributed by atoms with Crippen molar-refractivity contribution in [2.75, 3.05) is 6.79 Å². The number of imidazole rings is 1. The van der Waals surface area contributed by atoms with Crippen LogP contribution in [0.3, 0.4) is 0 Å². The molecule has 0 spiro atoms. The van der Waals surface area contributed by atoms with E-state index in [1.807, 2.05) is 28.8 Å². The summed E-state index contributed by atoms with van der Waals surface area (Å²) in [7, 11) is 0. The van der Waals surface area contributed by atoms with Crippen LogP contribution in [0.15, 0.2) is 36.4 Å². The number of ether oxygens (including phenoxy) is 2. The molecule has 23 heavy (non-hydrogen) atoms. The molecule has 4 rings (SSSR count). The molecule has 0 atom stereocenters. The molecule has 5 nitrogen and oxygen atoms in total. The fraction of sp³-hybridized carbons (Fsp3) is 0.176. The standard InChI is InChI=1S/C17H15N3O2S/c1-10-3-2-4-11(5-10)17-19-12-6-14-15(22-9-21-14)7-13(12)20(17)8-16(18)23/h2-7H,8-9H2,1H3,(H2,18,23). The third kappa shape index (κ3) is 2.41. The van der Waals surface area contributed by atoms with E-state index in [1.165, 1.54) is 5.56 Å². The Morgan fingerprint density at radius 2 is 2.04 bits per heavy atom. The number of fused-ring (bicyclic) bond motifs is 2. The van der Waals surface area contributed by atoms with Gasteiger partial charge in [0, 0.05) is 17.7 Å². The molecule has 0 radical (unpaired) electrons. The second-order valence-electron chi connectivity index (χ2n) is 5.55. The number of aryl methyl sites for hydroxylation is 1. The van der Waals surface area contributed by atoms with E-state index in [9.17, 15) is 0 Å². The average Bonchev–Trinajstić information content (AvgIpc) is 3.09. The van der Waals surface area contributed by atoms with Crippen molar-refractivity contribution in [2.45, 2.75) is 13.5 Å². The van der Waals surface area contributed by atoms with Crippen LogP contribution in [0.2, 0.25) is 0 Å². The van der Waals surface area contributed by atoms with Gasteiger partial charge in [0.1, 0.15) is 5.82 Å². The third-order valence-corrected chi connectivity index (χ3v) is 3.96. The highest BCUT2D eigenvalue weighted by Gasteiger charge is 2.20. The molecule has 1 aliphatic heterocycles. The first kappa shape index (κ1) is 14.0. The first-order valence-corrected chi connectivity index (χ1v) is 7.68. The van der Waals surface area contributed by atoms with E-state index in [0.717, 1.165) is 28.2 Å². The summed E-state index contributed by atoms with van der Waals surface area (Å²) in [6, 6.07) is 12.0. The highest BCUT2D eigenvalue weighted by molar-refractivity contribution is 7.80. The van der Waals surface area contributed by atoms with Gasteiger partial charge in [0.05, 0.1) is 22.6 Å². The fourth-order valence-corrected chi connectivity index (χ4v) is 2.96. The molecule has 116 valence electrons. The second-order valence-corrected chi connectivity index (χ2v) is 6.08. The molecule has 2 N–H and O–H groups in total. The molecule has 0 saturated heterocycles. The number of hydrogen-bond acceptors (Lipinski definition) is 4. The third-order valence-electron chi connectivity index (χ3n) is 3.83. The smallest absolute Gasteiger partial charge is 0.231 e. The Kier molecular flexibility index (Phi) is 3.20. The summed E-state index contributed by atoms with van der Waals surface area (Å²) in [6.07, 6.45) is 0. The lowest BCUT2D eigenvalue weighted by Gasteiger charge is -2.09. The van der Waals surface area contributed by atoms with E-state index >= 15 is 0 Å². The quantitative estimate of drug-likeness (QED) is 0.750. The zero-order chi connectivity index (χ0) is 16.0. The van der Waals surface area contributed by atoms with Crippen LogP contribution in [-0.2, 0) is 6.54 Å². The van der Waals surface area contributed by atoms with Gasteiger partial charge in [0.25, 0.3) is 0 Å². The lowest BCUT2D eigenvalue weighted by Crippen LogP contribution is -2.17. The monoisotopic (exact) mass is 325 g/mol. The Morgan fingerprint density at radius 1 is 1.26 bits per heavy atom. The SMILES string of the molecule is Cc1cccc(-c2nc3cc4c(cc3n2CC(N)=S)OCO4)c1. The van der Waals surface area contributed by atoms with Gasteiger partial charge in [-0.15, -0.1) is 0 Å². The second kappa shape index (κ2) is 5.24. The summed E-state index contributed by atoms with van der Waals surface area (Å²) < 4.78 is 12.9. The predicted molar refractivity (Wildman–Crippen MR) is 92.8 cm³/mol. The van der Waals surface area contributed by atoms with E-state index in [-0.39, 0.29) is 6.79 Å². The number of thiocarbonyl (C=S) groups is 1. The summed E-state index contributed by atoms with van der Waals surface area (Å²) in [4.78, 5) is 5.18. The van der Waals surface area contributed by atoms with Crippen molar-refractivity contribution in [1.82, 2.24) is 9.55 Å². The fourth-order valence-electron chi connectivity index (χ4n) is 2.84. The molecule has 1 aromatic heterocycles. The highest BCUT2D eigenvalue weighted by Crippen LogP contribution is 2.37. The van der Waals surface area contributed by atoms with Crippen LogP contribution >= 0.6 is 12.2 Å². The number of nitrogens with two attached hydrogens (primary N) is 1. The maximum absolute atomic E-state index is 5.79. The van der Waals surface area contributed by atoms with Crippen molar-refractivity contribution in [3.63, 3.8) is 0 Å². The van der Waals surface area contributed by atoms with E-state index in [0.29, 0.717) is 17.3 Å². The maximum Gasteiger partial charge on any atom is 0.231 e. The number of hydrogen-bond donors (Lipinski definition) is 1. The zero-order valence-electron chi connectivity index (χ0n) is 12.6. The molecule has 2 aromatic carbocycles. The first-order valence-electron chi connectivity index (χ1n) is 7.27. The lowest BCUT2D eigenvalue weighted by molar-refractivity contribution is 0.174. The Labute approximate surface area is 138 Å². The van der Waals surface area contributed by atoms with Crippen LogP contribution in [0.4, 0.5) is 0 Å². The topological polar surface area (TPSA) is 62.3 Å². The van der Waals surface area contributed by atoms with Crippen LogP contribution in [0.5, 0.6) is 11.5 Å². The molecule has 0 fully saturated rings. The van der Waals surface area contributed by atoms with Crippen LogP contribution in [0.1, 0.15) is 5.56 Å². The summed E-state index contributed by atoms with van der Waals surface area (Å²) in [6.45, 7) is 2.72. The molecule has 0 amide bonds. The van der Waals surface area contributed by atoms with Crippen LogP contribution < -0.4 is 15.2 Å². The first-order chi connectivity index (χ1) is 11.1. The van der Waals surface area contributed by atoms with Gasteiger partial charge >= 0.3 is 0 Å². The van der Waals surface area contributed by atoms with E-state index < -0.39 is 0 Å². The molecular weight excluding hydrogens is 310 g/mol. The molecule has 1 aliphatic rings. The zero-order valence-corrected chi connectivity index (χ0v) is 13.4. The minimum absolute atomic E-state index is 0.238. The molecule has 2 heterocycles. The van der Waals surface area contributed by atoms with Gasteiger partial charge in [-0.3, -0.25) is 0 Å². The number of rotatable bonds is 3. The number of aromatic nitrogens is 2. The van der Waals surface area contributed by atoms with Crippen molar-refractivity contribution in [3.05, 3.63) is 42.0 Å². The molecule has 0 unspecified atom stereocenters. The lowest BCUT2D eigenvalue weighted by atomic mass is 10.1. The summed E-state index contributed by atoms with van der Waals surface area (Å²) >= 11 is 5.11.